The van der Waals surface area contributed by atoms with Crippen LogP contribution in [0.5, 0.6) is 0 Å². The third-order valence-electron chi connectivity index (χ3n) is 4.12. The lowest BCUT2D eigenvalue weighted by atomic mass is 10.1. The highest BCUT2D eigenvalue weighted by molar-refractivity contribution is 5.94. The lowest BCUT2D eigenvalue weighted by molar-refractivity contribution is -0.137. The fourth-order valence-electron chi connectivity index (χ4n) is 2.58. The number of rotatable bonds is 5. The molecule has 0 aromatic carbocycles. The Hall–Kier alpha value is -3.23. The zero-order valence-corrected chi connectivity index (χ0v) is 14.5. The number of halogens is 3. The number of aromatic amines is 1. The van der Waals surface area contributed by atoms with Crippen LogP contribution in [0.1, 0.15) is 18.1 Å². The van der Waals surface area contributed by atoms with Crippen LogP contribution in [0.25, 0.3) is 22.3 Å². The Morgan fingerprint density at radius 1 is 1.32 bits per heavy atom. The summed E-state index contributed by atoms with van der Waals surface area (Å²) in [5, 5.41) is 31.2. The highest BCUT2D eigenvalue weighted by atomic mass is 19.4. The summed E-state index contributed by atoms with van der Waals surface area (Å²) in [5.41, 5.74) is -0.345. The Morgan fingerprint density at radius 2 is 2.07 bits per heavy atom. The molecule has 11 heteroatoms. The minimum absolute atomic E-state index is 0.00300. The molecule has 0 aliphatic heterocycles. The van der Waals surface area contributed by atoms with Crippen LogP contribution in [0, 0.1) is 11.3 Å². The first-order valence-electron chi connectivity index (χ1n) is 8.12. The van der Waals surface area contributed by atoms with Gasteiger partial charge in [0.15, 0.2) is 0 Å². The maximum Gasteiger partial charge on any atom is 0.417 e. The Labute approximate surface area is 156 Å². The van der Waals surface area contributed by atoms with Gasteiger partial charge in [-0.3, -0.25) is 0 Å². The van der Waals surface area contributed by atoms with Crippen molar-refractivity contribution in [3.8, 4) is 17.3 Å². The predicted molar refractivity (Wildman–Crippen MR) is 93.0 cm³/mol. The van der Waals surface area contributed by atoms with Crippen molar-refractivity contribution in [3.63, 3.8) is 0 Å². The van der Waals surface area contributed by atoms with Crippen molar-refractivity contribution in [2.45, 2.75) is 25.2 Å². The molecule has 28 heavy (non-hydrogen) atoms. The van der Waals surface area contributed by atoms with E-state index in [0.717, 1.165) is 12.3 Å². The number of aliphatic hydroxyl groups excluding tert-OH is 2. The highest BCUT2D eigenvalue weighted by Gasteiger charge is 2.31. The van der Waals surface area contributed by atoms with Crippen LogP contribution in [0.4, 0.5) is 19.1 Å². The van der Waals surface area contributed by atoms with Crippen molar-refractivity contribution in [2.24, 2.45) is 0 Å². The maximum atomic E-state index is 13.0. The zero-order chi connectivity index (χ0) is 20.5. The Bertz CT molecular complexity index is 1040. The monoisotopic (exact) mass is 392 g/mol. The number of fused-ring (bicyclic) bond motifs is 1. The molecule has 0 unspecified atom stereocenters. The van der Waals surface area contributed by atoms with E-state index in [1.54, 1.807) is 0 Å². The van der Waals surface area contributed by atoms with E-state index in [1.807, 2.05) is 6.07 Å². The number of hydrogen-bond donors (Lipinski definition) is 4. The number of pyridine rings is 1. The van der Waals surface area contributed by atoms with Crippen molar-refractivity contribution in [1.29, 1.82) is 5.26 Å². The van der Waals surface area contributed by atoms with Crippen molar-refractivity contribution >= 4 is 17.0 Å². The van der Waals surface area contributed by atoms with E-state index < -0.39 is 30.5 Å². The second-order valence-electron chi connectivity index (χ2n) is 6.06. The SMILES string of the molecule is C[C@H](O)[C@H](CO)Nc1ncc(C#N)c(-c2c[nH]c3ncc(C(F)(F)F)cc23)n1. The first-order chi connectivity index (χ1) is 13.2. The lowest BCUT2D eigenvalue weighted by Gasteiger charge is -2.19. The van der Waals surface area contributed by atoms with Gasteiger partial charge < -0.3 is 20.5 Å². The van der Waals surface area contributed by atoms with Gasteiger partial charge in [0.2, 0.25) is 5.95 Å². The number of alkyl halides is 3. The van der Waals surface area contributed by atoms with E-state index in [9.17, 15) is 28.6 Å². The molecule has 0 saturated carbocycles. The van der Waals surface area contributed by atoms with Crippen molar-refractivity contribution < 1.29 is 23.4 Å². The van der Waals surface area contributed by atoms with Gasteiger partial charge in [-0.1, -0.05) is 0 Å². The van der Waals surface area contributed by atoms with E-state index in [0.29, 0.717) is 0 Å². The van der Waals surface area contributed by atoms with Gasteiger partial charge in [0.25, 0.3) is 0 Å². The molecule has 3 heterocycles. The molecule has 0 fully saturated rings. The van der Waals surface area contributed by atoms with Crippen LogP contribution in [-0.2, 0) is 6.18 Å². The average Bonchev–Trinajstić information content (AvgIpc) is 3.08. The van der Waals surface area contributed by atoms with E-state index >= 15 is 0 Å². The molecule has 0 bridgehead atoms. The van der Waals surface area contributed by atoms with Gasteiger partial charge in [0.1, 0.15) is 11.7 Å². The van der Waals surface area contributed by atoms with E-state index in [1.165, 1.54) is 19.3 Å². The van der Waals surface area contributed by atoms with Crippen molar-refractivity contribution in [3.05, 3.63) is 35.8 Å². The molecule has 0 spiro atoms. The fraction of sp³-hybridized carbons (Fsp3) is 0.294. The minimum atomic E-state index is -4.57. The number of aliphatic hydroxyl groups is 2. The van der Waals surface area contributed by atoms with Crippen LogP contribution in [-0.4, -0.2) is 48.9 Å². The molecule has 3 rings (SSSR count). The molecule has 146 valence electrons. The predicted octanol–water partition coefficient (Wildman–Crippen LogP) is 2.06. The van der Waals surface area contributed by atoms with Crippen LogP contribution in [0.2, 0.25) is 0 Å². The number of aromatic nitrogens is 4. The average molecular weight is 392 g/mol. The number of anilines is 1. The van der Waals surface area contributed by atoms with E-state index in [2.05, 4.69) is 25.3 Å². The summed E-state index contributed by atoms with van der Waals surface area (Å²) in [6, 6.07) is 2.07. The number of nitrogens with one attached hydrogen (secondary N) is 2. The molecule has 2 atom stereocenters. The fourth-order valence-corrected chi connectivity index (χ4v) is 2.58. The zero-order valence-electron chi connectivity index (χ0n) is 14.5. The quantitative estimate of drug-likeness (QED) is 0.523. The van der Waals surface area contributed by atoms with Crippen molar-refractivity contribution in [1.82, 2.24) is 19.9 Å². The molecule has 0 radical (unpaired) electrons. The minimum Gasteiger partial charge on any atom is -0.394 e. The van der Waals surface area contributed by atoms with Gasteiger partial charge >= 0.3 is 6.18 Å². The summed E-state index contributed by atoms with van der Waals surface area (Å²) < 4.78 is 39.1. The van der Waals surface area contributed by atoms with Crippen LogP contribution in [0.15, 0.2) is 24.7 Å². The van der Waals surface area contributed by atoms with Gasteiger partial charge in [0, 0.05) is 23.3 Å². The smallest absolute Gasteiger partial charge is 0.394 e. The largest absolute Gasteiger partial charge is 0.417 e. The first kappa shape index (κ1) is 19.5. The molecule has 0 aliphatic carbocycles. The van der Waals surface area contributed by atoms with Crippen LogP contribution in [0.3, 0.4) is 0 Å². The summed E-state index contributed by atoms with van der Waals surface area (Å²) in [4.78, 5) is 14.7. The van der Waals surface area contributed by atoms with Gasteiger partial charge in [-0.25, -0.2) is 15.0 Å². The number of nitrogens with zero attached hydrogens (tertiary/aromatic N) is 4. The van der Waals surface area contributed by atoms with E-state index in [4.69, 9.17) is 0 Å². The highest BCUT2D eigenvalue weighted by Crippen LogP contribution is 2.34. The van der Waals surface area contributed by atoms with Crippen molar-refractivity contribution in [2.75, 3.05) is 11.9 Å². The molecule has 0 saturated heterocycles. The standard InChI is InChI=1S/C17H15F3N6O2/c1-8(28)13(7-27)25-16-24-4-9(3-21)14(26-16)12-6-23-15-11(12)2-10(5-22-15)17(18,19)20/h2,4-6,8,13,27-28H,7H2,1H3,(H,22,23)(H,24,25,26)/t8-,13-/m0/s1. The molecule has 4 N–H and O–H groups in total. The maximum absolute atomic E-state index is 13.0. The van der Waals surface area contributed by atoms with Gasteiger partial charge in [-0.05, 0) is 13.0 Å². The lowest BCUT2D eigenvalue weighted by Crippen LogP contribution is -2.35. The molecule has 3 aromatic heterocycles. The third kappa shape index (κ3) is 3.73. The summed E-state index contributed by atoms with van der Waals surface area (Å²) in [7, 11) is 0. The Balaban J connectivity index is 2.12. The normalized spacial score (nSPS) is 13.9. The molecular formula is C17H15F3N6O2. The molecule has 3 aromatic rings. The molecule has 0 aliphatic rings. The summed E-state index contributed by atoms with van der Waals surface area (Å²) >= 11 is 0. The second kappa shape index (κ2) is 7.41. The van der Waals surface area contributed by atoms with Gasteiger partial charge in [-0.15, -0.1) is 0 Å². The second-order valence-corrected chi connectivity index (χ2v) is 6.06. The summed E-state index contributed by atoms with van der Waals surface area (Å²) in [6.07, 6.45) is -2.16. The summed E-state index contributed by atoms with van der Waals surface area (Å²) in [5.74, 6) is 0.00300. The van der Waals surface area contributed by atoms with Gasteiger partial charge in [-0.2, -0.15) is 18.4 Å². The molecule has 0 amide bonds. The topological polar surface area (TPSA) is 131 Å². The Kier molecular flexibility index (Phi) is 5.17. The number of H-pyrrole nitrogens is 1. The third-order valence-corrected chi connectivity index (χ3v) is 4.12. The summed E-state index contributed by atoms with van der Waals surface area (Å²) in [6.45, 7) is 1.06. The van der Waals surface area contributed by atoms with Gasteiger partial charge in [0.05, 0.1) is 41.8 Å². The van der Waals surface area contributed by atoms with Crippen LogP contribution >= 0.6 is 0 Å². The molecular weight excluding hydrogens is 377 g/mol. The molecule has 8 nitrogen and oxygen atoms in total. The Morgan fingerprint density at radius 3 is 2.68 bits per heavy atom. The van der Waals surface area contributed by atoms with E-state index in [-0.39, 0.29) is 33.8 Å². The van der Waals surface area contributed by atoms with Crippen LogP contribution < -0.4 is 5.32 Å². The first-order valence-corrected chi connectivity index (χ1v) is 8.12. The number of hydrogen-bond acceptors (Lipinski definition) is 7. The number of nitriles is 1.